The molecular weight excluding hydrogens is 210 g/mol. The molecule has 2 aromatic rings. The summed E-state index contributed by atoms with van der Waals surface area (Å²) in [5.41, 5.74) is 10.4. The van der Waals surface area contributed by atoms with E-state index in [1.807, 2.05) is 10.9 Å². The lowest BCUT2D eigenvalue weighted by Gasteiger charge is -2.09. The Morgan fingerprint density at radius 3 is 2.35 bits per heavy atom. The summed E-state index contributed by atoms with van der Waals surface area (Å²) in [5.74, 6) is 0. The van der Waals surface area contributed by atoms with Crippen LogP contribution >= 0.6 is 0 Å². The minimum atomic E-state index is 0.395. The molecule has 90 valence electrons. The van der Waals surface area contributed by atoms with Crippen molar-refractivity contribution in [3.05, 3.63) is 41.7 Å². The van der Waals surface area contributed by atoms with Crippen LogP contribution in [-0.4, -0.2) is 9.78 Å². The average molecular weight is 229 g/mol. The van der Waals surface area contributed by atoms with Crippen molar-refractivity contribution >= 4 is 0 Å². The maximum Gasteiger partial charge on any atom is 0.0571 e. The van der Waals surface area contributed by atoms with E-state index in [4.69, 9.17) is 5.73 Å². The van der Waals surface area contributed by atoms with Crippen molar-refractivity contribution in [2.45, 2.75) is 33.4 Å². The zero-order valence-corrected chi connectivity index (χ0v) is 10.6. The van der Waals surface area contributed by atoms with Crippen LogP contribution in [0.1, 0.15) is 31.1 Å². The standard InChI is InChI=1S/C14H19N3/c1-10(2)17-11(3)14(9-16-17)13-6-4-12(8-15)5-7-13/h4-7,9-10H,8,15H2,1-3H3. The molecule has 1 aromatic heterocycles. The van der Waals surface area contributed by atoms with E-state index in [0.717, 1.165) is 5.56 Å². The van der Waals surface area contributed by atoms with Gasteiger partial charge in [0, 0.05) is 23.8 Å². The van der Waals surface area contributed by atoms with E-state index in [2.05, 4.69) is 50.1 Å². The van der Waals surface area contributed by atoms with Gasteiger partial charge >= 0.3 is 0 Å². The van der Waals surface area contributed by atoms with Crippen LogP contribution in [0.25, 0.3) is 11.1 Å². The van der Waals surface area contributed by atoms with Crippen molar-refractivity contribution in [2.24, 2.45) is 5.73 Å². The lowest BCUT2D eigenvalue weighted by Crippen LogP contribution is -2.04. The van der Waals surface area contributed by atoms with Crippen LogP contribution < -0.4 is 5.73 Å². The molecule has 0 bridgehead atoms. The molecule has 0 amide bonds. The number of nitrogens with two attached hydrogens (primary N) is 1. The van der Waals surface area contributed by atoms with Crippen molar-refractivity contribution in [1.29, 1.82) is 0 Å². The third-order valence-electron chi connectivity index (χ3n) is 3.03. The first kappa shape index (κ1) is 11.9. The number of benzene rings is 1. The van der Waals surface area contributed by atoms with Gasteiger partial charge in [-0.2, -0.15) is 5.10 Å². The fraction of sp³-hybridized carbons (Fsp3) is 0.357. The highest BCUT2D eigenvalue weighted by Crippen LogP contribution is 2.24. The number of hydrogen-bond acceptors (Lipinski definition) is 2. The van der Waals surface area contributed by atoms with E-state index < -0.39 is 0 Å². The van der Waals surface area contributed by atoms with Crippen molar-refractivity contribution < 1.29 is 0 Å². The molecule has 0 radical (unpaired) electrons. The molecule has 0 saturated carbocycles. The quantitative estimate of drug-likeness (QED) is 0.879. The molecule has 0 saturated heterocycles. The minimum absolute atomic E-state index is 0.395. The van der Waals surface area contributed by atoms with Gasteiger partial charge in [0.1, 0.15) is 0 Å². The molecule has 0 atom stereocenters. The lowest BCUT2D eigenvalue weighted by molar-refractivity contribution is 0.519. The highest BCUT2D eigenvalue weighted by atomic mass is 15.3. The molecule has 0 aliphatic rings. The summed E-state index contributed by atoms with van der Waals surface area (Å²) in [4.78, 5) is 0. The van der Waals surface area contributed by atoms with Crippen molar-refractivity contribution in [2.75, 3.05) is 0 Å². The van der Waals surface area contributed by atoms with Crippen LogP contribution in [0.3, 0.4) is 0 Å². The zero-order valence-electron chi connectivity index (χ0n) is 10.6. The zero-order chi connectivity index (χ0) is 12.4. The van der Waals surface area contributed by atoms with Crippen molar-refractivity contribution in [1.82, 2.24) is 9.78 Å². The van der Waals surface area contributed by atoms with E-state index in [0.29, 0.717) is 12.6 Å². The molecule has 0 aliphatic heterocycles. The Morgan fingerprint density at radius 2 is 1.88 bits per heavy atom. The van der Waals surface area contributed by atoms with Crippen LogP contribution in [0.5, 0.6) is 0 Å². The summed E-state index contributed by atoms with van der Waals surface area (Å²) in [6.45, 7) is 6.98. The van der Waals surface area contributed by atoms with Crippen LogP contribution in [0, 0.1) is 6.92 Å². The second kappa shape index (κ2) is 4.72. The first-order valence-electron chi connectivity index (χ1n) is 5.97. The predicted octanol–water partition coefficient (Wildman–Crippen LogP) is 2.90. The largest absolute Gasteiger partial charge is 0.326 e. The minimum Gasteiger partial charge on any atom is -0.326 e. The van der Waals surface area contributed by atoms with Gasteiger partial charge in [-0.05, 0) is 31.9 Å². The Morgan fingerprint density at radius 1 is 1.24 bits per heavy atom. The van der Waals surface area contributed by atoms with Crippen LogP contribution in [0.15, 0.2) is 30.5 Å². The smallest absolute Gasteiger partial charge is 0.0571 e. The molecule has 0 fully saturated rings. The second-order valence-electron chi connectivity index (χ2n) is 4.58. The summed E-state index contributed by atoms with van der Waals surface area (Å²) in [7, 11) is 0. The van der Waals surface area contributed by atoms with E-state index in [9.17, 15) is 0 Å². The number of hydrogen-bond donors (Lipinski definition) is 1. The Bertz CT molecular complexity index is 495. The van der Waals surface area contributed by atoms with Gasteiger partial charge in [-0.3, -0.25) is 4.68 Å². The van der Waals surface area contributed by atoms with E-state index in [1.165, 1.54) is 16.8 Å². The summed E-state index contributed by atoms with van der Waals surface area (Å²) >= 11 is 0. The maximum atomic E-state index is 5.60. The molecule has 17 heavy (non-hydrogen) atoms. The van der Waals surface area contributed by atoms with Gasteiger partial charge in [-0.15, -0.1) is 0 Å². The van der Waals surface area contributed by atoms with E-state index in [1.54, 1.807) is 0 Å². The van der Waals surface area contributed by atoms with Crippen molar-refractivity contribution in [3.63, 3.8) is 0 Å². The molecule has 1 heterocycles. The highest BCUT2D eigenvalue weighted by molar-refractivity contribution is 5.65. The van der Waals surface area contributed by atoms with Gasteiger partial charge in [0.2, 0.25) is 0 Å². The van der Waals surface area contributed by atoms with Crippen LogP contribution in [0.2, 0.25) is 0 Å². The summed E-state index contributed by atoms with van der Waals surface area (Å²) in [5, 5.41) is 4.43. The third-order valence-corrected chi connectivity index (χ3v) is 3.03. The van der Waals surface area contributed by atoms with Gasteiger partial charge in [0.15, 0.2) is 0 Å². The topological polar surface area (TPSA) is 43.8 Å². The van der Waals surface area contributed by atoms with Crippen LogP contribution in [0.4, 0.5) is 0 Å². The Balaban J connectivity index is 2.39. The van der Waals surface area contributed by atoms with Crippen molar-refractivity contribution in [3.8, 4) is 11.1 Å². The Hall–Kier alpha value is -1.61. The molecule has 3 heteroatoms. The van der Waals surface area contributed by atoms with E-state index >= 15 is 0 Å². The monoisotopic (exact) mass is 229 g/mol. The Kier molecular flexibility index (Phi) is 3.29. The SMILES string of the molecule is Cc1c(-c2ccc(CN)cc2)cnn1C(C)C. The first-order chi connectivity index (χ1) is 8.13. The fourth-order valence-corrected chi connectivity index (χ4v) is 2.05. The summed E-state index contributed by atoms with van der Waals surface area (Å²) < 4.78 is 2.05. The first-order valence-corrected chi connectivity index (χ1v) is 5.97. The maximum absolute atomic E-state index is 5.60. The van der Waals surface area contributed by atoms with Crippen LogP contribution in [-0.2, 0) is 6.54 Å². The molecular formula is C14H19N3. The third kappa shape index (κ3) is 2.24. The van der Waals surface area contributed by atoms with Gasteiger partial charge in [0.05, 0.1) is 6.20 Å². The normalized spacial score (nSPS) is 11.1. The van der Waals surface area contributed by atoms with Gasteiger partial charge in [-0.1, -0.05) is 24.3 Å². The molecule has 1 aromatic carbocycles. The Labute approximate surface area is 102 Å². The highest BCUT2D eigenvalue weighted by Gasteiger charge is 2.10. The van der Waals surface area contributed by atoms with Gasteiger partial charge in [-0.25, -0.2) is 0 Å². The molecule has 0 spiro atoms. The molecule has 3 nitrogen and oxygen atoms in total. The molecule has 2 N–H and O–H groups in total. The second-order valence-corrected chi connectivity index (χ2v) is 4.58. The molecule has 0 aliphatic carbocycles. The average Bonchev–Trinajstić information content (AvgIpc) is 2.71. The van der Waals surface area contributed by atoms with Gasteiger partial charge in [0.25, 0.3) is 0 Å². The molecule has 0 unspecified atom stereocenters. The van der Waals surface area contributed by atoms with E-state index in [-0.39, 0.29) is 0 Å². The van der Waals surface area contributed by atoms with Gasteiger partial charge < -0.3 is 5.73 Å². The predicted molar refractivity (Wildman–Crippen MR) is 70.7 cm³/mol. The lowest BCUT2D eigenvalue weighted by atomic mass is 10.0. The number of nitrogens with zero attached hydrogens (tertiary/aromatic N) is 2. The number of aromatic nitrogens is 2. The molecule has 2 rings (SSSR count). The summed E-state index contributed by atoms with van der Waals surface area (Å²) in [6.07, 6.45) is 1.94. The summed E-state index contributed by atoms with van der Waals surface area (Å²) in [6, 6.07) is 8.75. The number of rotatable bonds is 3. The fourth-order valence-electron chi connectivity index (χ4n) is 2.05.